The highest BCUT2D eigenvalue weighted by molar-refractivity contribution is 5.70. The minimum atomic E-state index is -0.428. The number of nitro benzene ring substituents is 1. The molecule has 3 rings (SSSR count). The van der Waals surface area contributed by atoms with Crippen LogP contribution in [0.5, 0.6) is 0 Å². The van der Waals surface area contributed by atoms with Gasteiger partial charge in [0.15, 0.2) is 0 Å². The number of nitrogens with zero attached hydrogens (tertiary/aromatic N) is 3. The van der Waals surface area contributed by atoms with Crippen molar-refractivity contribution in [3.8, 4) is 22.8 Å². The van der Waals surface area contributed by atoms with Crippen molar-refractivity contribution >= 4 is 11.4 Å². The number of anilines is 1. The molecule has 0 amide bonds. The number of nitrogens with one attached hydrogen (secondary N) is 1. The van der Waals surface area contributed by atoms with Crippen LogP contribution in [0.4, 0.5) is 11.4 Å². The molecule has 1 heterocycles. The Morgan fingerprint density at radius 2 is 1.88 bits per heavy atom. The molecule has 1 N–H and O–H groups in total. The third-order valence-electron chi connectivity index (χ3n) is 3.34. The maximum Gasteiger partial charge on any atom is 0.293 e. The van der Waals surface area contributed by atoms with Gasteiger partial charge >= 0.3 is 0 Å². The van der Waals surface area contributed by atoms with Gasteiger partial charge in [0.2, 0.25) is 5.82 Å². The molecule has 0 radical (unpaired) electrons. The van der Waals surface area contributed by atoms with Crippen LogP contribution in [0.15, 0.2) is 53.1 Å². The number of aromatic nitrogens is 2. The van der Waals surface area contributed by atoms with E-state index in [0.717, 1.165) is 5.56 Å². The van der Waals surface area contributed by atoms with Crippen molar-refractivity contribution in [2.75, 3.05) is 5.32 Å². The van der Waals surface area contributed by atoms with E-state index < -0.39 is 4.92 Å². The van der Waals surface area contributed by atoms with Gasteiger partial charge in [0.05, 0.1) is 4.92 Å². The van der Waals surface area contributed by atoms with Crippen molar-refractivity contribution in [1.29, 1.82) is 0 Å². The van der Waals surface area contributed by atoms with Gasteiger partial charge in [-0.15, -0.1) is 0 Å². The van der Waals surface area contributed by atoms with Gasteiger partial charge in [0.1, 0.15) is 5.69 Å². The maximum atomic E-state index is 11.3. The maximum absolute atomic E-state index is 11.3. The Hall–Kier alpha value is -3.22. The minimum absolute atomic E-state index is 0.0272. The first-order valence-corrected chi connectivity index (χ1v) is 7.49. The number of rotatable bonds is 5. The monoisotopic (exact) mass is 324 g/mol. The zero-order valence-corrected chi connectivity index (χ0v) is 13.3. The van der Waals surface area contributed by atoms with Gasteiger partial charge in [-0.1, -0.05) is 35.5 Å². The highest BCUT2D eigenvalue weighted by Crippen LogP contribution is 2.31. The van der Waals surface area contributed by atoms with Crippen molar-refractivity contribution in [2.24, 2.45) is 0 Å². The standard InChI is InChI=1S/C17H16N4O3/c1-11(2)18-14-9-8-13(10-15(14)21(22)23)17-19-16(20-24-17)12-6-4-3-5-7-12/h3-11,18H,1-2H3. The molecule has 7 heteroatoms. The largest absolute Gasteiger partial charge is 0.377 e. The lowest BCUT2D eigenvalue weighted by Gasteiger charge is -2.10. The van der Waals surface area contributed by atoms with Crippen molar-refractivity contribution in [3.05, 3.63) is 58.6 Å². The van der Waals surface area contributed by atoms with E-state index in [2.05, 4.69) is 15.5 Å². The Labute approximate surface area is 138 Å². The normalized spacial score (nSPS) is 10.8. The molecule has 0 aliphatic heterocycles. The minimum Gasteiger partial charge on any atom is -0.377 e. The SMILES string of the molecule is CC(C)Nc1ccc(-c2nc(-c3ccccc3)no2)cc1[N+](=O)[O-]. The Kier molecular flexibility index (Phi) is 4.24. The fraction of sp³-hybridized carbons (Fsp3) is 0.176. The van der Waals surface area contributed by atoms with Crippen molar-refractivity contribution in [3.63, 3.8) is 0 Å². The molecule has 0 aliphatic rings. The summed E-state index contributed by atoms with van der Waals surface area (Å²) in [6.07, 6.45) is 0. The van der Waals surface area contributed by atoms with Gasteiger partial charge < -0.3 is 9.84 Å². The summed E-state index contributed by atoms with van der Waals surface area (Å²) in [6, 6.07) is 14.3. The Bertz CT molecular complexity index is 859. The second-order valence-electron chi connectivity index (χ2n) is 5.58. The second-order valence-corrected chi connectivity index (χ2v) is 5.58. The molecule has 0 saturated heterocycles. The van der Waals surface area contributed by atoms with Gasteiger partial charge in [-0.3, -0.25) is 10.1 Å². The smallest absolute Gasteiger partial charge is 0.293 e. The van der Waals surface area contributed by atoms with Gasteiger partial charge in [0, 0.05) is 23.2 Å². The molecular formula is C17H16N4O3. The number of nitro groups is 1. The first-order valence-electron chi connectivity index (χ1n) is 7.49. The molecule has 0 aliphatic carbocycles. The summed E-state index contributed by atoms with van der Waals surface area (Å²) >= 11 is 0. The summed E-state index contributed by atoms with van der Waals surface area (Å²) in [5.74, 6) is 0.686. The molecule has 0 unspecified atom stereocenters. The summed E-state index contributed by atoms with van der Waals surface area (Å²) in [5, 5.41) is 18.3. The predicted molar refractivity (Wildman–Crippen MR) is 90.6 cm³/mol. The molecule has 0 atom stereocenters. The van der Waals surface area contributed by atoms with E-state index in [1.54, 1.807) is 12.1 Å². The summed E-state index contributed by atoms with van der Waals surface area (Å²) in [6.45, 7) is 3.84. The van der Waals surface area contributed by atoms with E-state index in [1.165, 1.54) is 6.07 Å². The molecule has 0 spiro atoms. The molecular weight excluding hydrogens is 308 g/mol. The van der Waals surface area contributed by atoms with Crippen LogP contribution in [-0.2, 0) is 0 Å². The van der Waals surface area contributed by atoms with E-state index in [4.69, 9.17) is 4.52 Å². The van der Waals surface area contributed by atoms with E-state index in [0.29, 0.717) is 17.1 Å². The number of hydrogen-bond acceptors (Lipinski definition) is 6. The van der Waals surface area contributed by atoms with E-state index in [1.807, 2.05) is 44.2 Å². The highest BCUT2D eigenvalue weighted by atomic mass is 16.6. The molecule has 0 saturated carbocycles. The third-order valence-corrected chi connectivity index (χ3v) is 3.34. The van der Waals surface area contributed by atoms with Crippen molar-refractivity contribution in [1.82, 2.24) is 10.1 Å². The Balaban J connectivity index is 1.97. The summed E-state index contributed by atoms with van der Waals surface area (Å²) in [7, 11) is 0. The van der Waals surface area contributed by atoms with Crippen LogP contribution in [0, 0.1) is 10.1 Å². The first kappa shape index (κ1) is 15.7. The summed E-state index contributed by atoms with van der Waals surface area (Å²) in [5.41, 5.74) is 1.76. The zero-order chi connectivity index (χ0) is 17.1. The lowest BCUT2D eigenvalue weighted by Crippen LogP contribution is -2.11. The molecule has 122 valence electrons. The second kappa shape index (κ2) is 6.49. The molecule has 0 bridgehead atoms. The lowest BCUT2D eigenvalue weighted by atomic mass is 10.1. The molecule has 3 aromatic rings. The van der Waals surface area contributed by atoms with Crippen LogP contribution >= 0.6 is 0 Å². The summed E-state index contributed by atoms with van der Waals surface area (Å²) < 4.78 is 5.26. The predicted octanol–water partition coefficient (Wildman–Crippen LogP) is 4.13. The highest BCUT2D eigenvalue weighted by Gasteiger charge is 2.18. The van der Waals surface area contributed by atoms with Crippen LogP contribution in [0.1, 0.15) is 13.8 Å². The van der Waals surface area contributed by atoms with Gasteiger partial charge in [0.25, 0.3) is 11.6 Å². The molecule has 2 aromatic carbocycles. The van der Waals surface area contributed by atoms with Crippen LogP contribution in [0.2, 0.25) is 0 Å². The molecule has 0 fully saturated rings. The average Bonchev–Trinajstić information content (AvgIpc) is 3.05. The zero-order valence-electron chi connectivity index (χ0n) is 13.3. The van der Waals surface area contributed by atoms with Crippen LogP contribution < -0.4 is 5.32 Å². The van der Waals surface area contributed by atoms with E-state index in [-0.39, 0.29) is 17.6 Å². The third kappa shape index (κ3) is 3.24. The van der Waals surface area contributed by atoms with Crippen LogP contribution in [0.25, 0.3) is 22.8 Å². The van der Waals surface area contributed by atoms with Crippen molar-refractivity contribution in [2.45, 2.75) is 19.9 Å². The van der Waals surface area contributed by atoms with Crippen molar-refractivity contribution < 1.29 is 9.45 Å². The van der Waals surface area contributed by atoms with Gasteiger partial charge in [-0.05, 0) is 26.0 Å². The topological polar surface area (TPSA) is 94.1 Å². The van der Waals surface area contributed by atoms with E-state index >= 15 is 0 Å². The Morgan fingerprint density at radius 3 is 2.54 bits per heavy atom. The fourth-order valence-corrected chi connectivity index (χ4v) is 2.29. The quantitative estimate of drug-likeness (QED) is 0.560. The van der Waals surface area contributed by atoms with Crippen LogP contribution in [0.3, 0.4) is 0 Å². The lowest BCUT2D eigenvalue weighted by molar-refractivity contribution is -0.383. The van der Waals surface area contributed by atoms with E-state index in [9.17, 15) is 10.1 Å². The summed E-state index contributed by atoms with van der Waals surface area (Å²) in [4.78, 5) is 15.2. The Morgan fingerprint density at radius 1 is 1.12 bits per heavy atom. The first-order chi connectivity index (χ1) is 11.5. The van der Waals surface area contributed by atoms with Crippen LogP contribution in [-0.4, -0.2) is 21.1 Å². The average molecular weight is 324 g/mol. The molecule has 24 heavy (non-hydrogen) atoms. The number of hydrogen-bond donors (Lipinski definition) is 1. The molecule has 7 nitrogen and oxygen atoms in total. The number of benzene rings is 2. The van der Waals surface area contributed by atoms with Gasteiger partial charge in [-0.2, -0.15) is 4.98 Å². The van der Waals surface area contributed by atoms with Gasteiger partial charge in [-0.25, -0.2) is 0 Å². The molecule has 1 aromatic heterocycles. The fourth-order valence-electron chi connectivity index (χ4n) is 2.29.